The summed E-state index contributed by atoms with van der Waals surface area (Å²) in [6, 6.07) is 0.508. The molecule has 1 aromatic rings. The highest BCUT2D eigenvalue weighted by Crippen LogP contribution is 2.21. The van der Waals surface area contributed by atoms with E-state index in [1.807, 2.05) is 17.1 Å². The molecule has 0 saturated carbocycles. The fraction of sp³-hybridized carbons (Fsp3) is 0.692. The van der Waals surface area contributed by atoms with E-state index in [9.17, 15) is 4.79 Å². The van der Waals surface area contributed by atoms with Crippen LogP contribution in [0.2, 0.25) is 0 Å². The van der Waals surface area contributed by atoms with Crippen LogP contribution in [0.5, 0.6) is 0 Å². The SMILES string of the molecule is O=C1CCN(CCN2CC(n3cc(Br)cn3)C2)CCN1. The summed E-state index contributed by atoms with van der Waals surface area (Å²) < 4.78 is 3.08. The second-order valence-electron chi connectivity index (χ2n) is 5.49. The van der Waals surface area contributed by atoms with Gasteiger partial charge in [0.2, 0.25) is 5.91 Å². The minimum absolute atomic E-state index is 0.181. The number of rotatable bonds is 4. The Balaban J connectivity index is 1.37. The van der Waals surface area contributed by atoms with Crippen molar-refractivity contribution in [2.24, 2.45) is 0 Å². The van der Waals surface area contributed by atoms with Crippen molar-refractivity contribution in [1.29, 1.82) is 0 Å². The number of likely N-dealkylation sites (tertiary alicyclic amines) is 1. The third kappa shape index (κ3) is 3.39. The van der Waals surface area contributed by atoms with Crippen LogP contribution in [0.25, 0.3) is 0 Å². The van der Waals surface area contributed by atoms with Gasteiger partial charge in [-0.3, -0.25) is 19.3 Å². The van der Waals surface area contributed by atoms with Crippen LogP contribution in [0.4, 0.5) is 0 Å². The number of carbonyl (C=O) groups excluding carboxylic acids is 1. The molecule has 0 unspecified atom stereocenters. The maximum Gasteiger partial charge on any atom is 0.221 e. The molecular weight excluding hydrogens is 322 g/mol. The molecule has 3 rings (SSSR count). The number of carbonyl (C=O) groups is 1. The molecule has 3 heterocycles. The Morgan fingerprint density at radius 3 is 2.85 bits per heavy atom. The van der Waals surface area contributed by atoms with Crippen LogP contribution in [0, 0.1) is 0 Å². The van der Waals surface area contributed by atoms with Gasteiger partial charge in [-0.2, -0.15) is 5.10 Å². The molecule has 7 heteroatoms. The molecule has 1 N–H and O–H groups in total. The first kappa shape index (κ1) is 14.0. The number of halogens is 1. The van der Waals surface area contributed by atoms with Gasteiger partial charge in [-0.05, 0) is 15.9 Å². The molecular formula is C13H20BrN5O. The van der Waals surface area contributed by atoms with E-state index < -0.39 is 0 Å². The predicted molar refractivity (Wildman–Crippen MR) is 79.5 cm³/mol. The fourth-order valence-corrected chi connectivity index (χ4v) is 3.03. The lowest BCUT2D eigenvalue weighted by atomic mass is 10.1. The summed E-state index contributed by atoms with van der Waals surface area (Å²) >= 11 is 3.43. The molecule has 2 aliphatic heterocycles. The fourth-order valence-electron chi connectivity index (χ4n) is 2.73. The highest BCUT2D eigenvalue weighted by Gasteiger charge is 2.28. The van der Waals surface area contributed by atoms with Crippen molar-refractivity contribution in [2.75, 3.05) is 45.8 Å². The first-order valence-corrected chi connectivity index (χ1v) is 7.91. The minimum atomic E-state index is 0.181. The minimum Gasteiger partial charge on any atom is -0.355 e. The average Bonchev–Trinajstić information content (AvgIpc) is 2.68. The lowest BCUT2D eigenvalue weighted by Gasteiger charge is -2.40. The van der Waals surface area contributed by atoms with Crippen LogP contribution < -0.4 is 5.32 Å². The first-order valence-electron chi connectivity index (χ1n) is 7.12. The zero-order valence-corrected chi connectivity index (χ0v) is 13.0. The number of aromatic nitrogens is 2. The Hall–Kier alpha value is -0.920. The van der Waals surface area contributed by atoms with Crippen molar-refractivity contribution in [3.63, 3.8) is 0 Å². The van der Waals surface area contributed by atoms with E-state index in [-0.39, 0.29) is 5.91 Å². The zero-order chi connectivity index (χ0) is 13.9. The second kappa shape index (κ2) is 6.24. The van der Waals surface area contributed by atoms with Gasteiger partial charge in [0.15, 0.2) is 0 Å². The number of nitrogens with one attached hydrogen (secondary N) is 1. The van der Waals surface area contributed by atoms with Gasteiger partial charge in [0.25, 0.3) is 0 Å². The van der Waals surface area contributed by atoms with Crippen molar-refractivity contribution >= 4 is 21.8 Å². The summed E-state index contributed by atoms with van der Waals surface area (Å²) in [6.45, 7) is 6.89. The highest BCUT2D eigenvalue weighted by molar-refractivity contribution is 9.10. The summed E-state index contributed by atoms with van der Waals surface area (Å²) in [4.78, 5) is 16.1. The maximum atomic E-state index is 11.3. The first-order chi connectivity index (χ1) is 9.70. The Morgan fingerprint density at radius 1 is 1.30 bits per heavy atom. The monoisotopic (exact) mass is 341 g/mol. The Morgan fingerprint density at radius 2 is 2.10 bits per heavy atom. The van der Waals surface area contributed by atoms with Crippen molar-refractivity contribution in [2.45, 2.75) is 12.5 Å². The van der Waals surface area contributed by atoms with Crippen LogP contribution in [0.1, 0.15) is 12.5 Å². The number of amides is 1. The molecule has 2 fully saturated rings. The molecule has 0 radical (unpaired) electrons. The summed E-state index contributed by atoms with van der Waals surface area (Å²) in [5.74, 6) is 0.181. The lowest BCUT2D eigenvalue weighted by molar-refractivity contribution is -0.120. The topological polar surface area (TPSA) is 53.4 Å². The average molecular weight is 342 g/mol. The van der Waals surface area contributed by atoms with Gasteiger partial charge in [0, 0.05) is 58.4 Å². The molecule has 1 aromatic heterocycles. The molecule has 0 aliphatic carbocycles. The van der Waals surface area contributed by atoms with E-state index in [0.717, 1.165) is 50.3 Å². The van der Waals surface area contributed by atoms with Crippen LogP contribution >= 0.6 is 15.9 Å². The van der Waals surface area contributed by atoms with Gasteiger partial charge in [0.1, 0.15) is 0 Å². The Labute approximate surface area is 127 Å². The third-order valence-electron chi connectivity index (χ3n) is 4.02. The molecule has 2 saturated heterocycles. The molecule has 110 valence electrons. The van der Waals surface area contributed by atoms with Crippen molar-refractivity contribution in [3.05, 3.63) is 16.9 Å². The van der Waals surface area contributed by atoms with Crippen LogP contribution in [-0.4, -0.2) is 71.3 Å². The van der Waals surface area contributed by atoms with E-state index in [1.165, 1.54) is 0 Å². The van der Waals surface area contributed by atoms with Gasteiger partial charge in [-0.1, -0.05) is 0 Å². The molecule has 6 nitrogen and oxygen atoms in total. The van der Waals surface area contributed by atoms with Gasteiger partial charge >= 0.3 is 0 Å². The van der Waals surface area contributed by atoms with Crippen LogP contribution in [0.3, 0.4) is 0 Å². The number of hydrogen-bond acceptors (Lipinski definition) is 4. The highest BCUT2D eigenvalue weighted by atomic mass is 79.9. The molecule has 20 heavy (non-hydrogen) atoms. The summed E-state index contributed by atoms with van der Waals surface area (Å²) in [7, 11) is 0. The Kier molecular flexibility index (Phi) is 4.38. The second-order valence-corrected chi connectivity index (χ2v) is 6.41. The maximum absolute atomic E-state index is 11.3. The van der Waals surface area contributed by atoms with E-state index in [4.69, 9.17) is 0 Å². The van der Waals surface area contributed by atoms with E-state index in [1.54, 1.807) is 0 Å². The molecule has 0 spiro atoms. The predicted octanol–water partition coefficient (Wildman–Crippen LogP) is 0.324. The molecule has 0 atom stereocenters. The Bertz CT molecular complexity index is 471. The van der Waals surface area contributed by atoms with Gasteiger partial charge < -0.3 is 5.32 Å². The quantitative estimate of drug-likeness (QED) is 0.857. The van der Waals surface area contributed by atoms with Gasteiger partial charge in [-0.25, -0.2) is 0 Å². The number of nitrogens with zero attached hydrogens (tertiary/aromatic N) is 4. The molecule has 2 aliphatic rings. The van der Waals surface area contributed by atoms with Crippen molar-refractivity contribution in [3.8, 4) is 0 Å². The number of hydrogen-bond donors (Lipinski definition) is 1. The third-order valence-corrected chi connectivity index (χ3v) is 4.43. The zero-order valence-electron chi connectivity index (χ0n) is 11.5. The smallest absolute Gasteiger partial charge is 0.221 e. The summed E-state index contributed by atoms with van der Waals surface area (Å²) in [5.41, 5.74) is 0. The van der Waals surface area contributed by atoms with Crippen molar-refractivity contribution in [1.82, 2.24) is 24.9 Å². The van der Waals surface area contributed by atoms with E-state index in [0.29, 0.717) is 12.5 Å². The van der Waals surface area contributed by atoms with Crippen molar-refractivity contribution < 1.29 is 4.79 Å². The molecule has 0 aromatic carbocycles. The normalized spacial score (nSPS) is 22.4. The van der Waals surface area contributed by atoms with E-state index >= 15 is 0 Å². The van der Waals surface area contributed by atoms with Gasteiger partial charge in [0.05, 0.1) is 16.7 Å². The summed E-state index contributed by atoms with van der Waals surface area (Å²) in [5, 5.41) is 7.24. The summed E-state index contributed by atoms with van der Waals surface area (Å²) in [6.07, 6.45) is 4.50. The van der Waals surface area contributed by atoms with Crippen LogP contribution in [0.15, 0.2) is 16.9 Å². The molecule has 1 amide bonds. The largest absolute Gasteiger partial charge is 0.355 e. The van der Waals surface area contributed by atoms with Crippen LogP contribution in [-0.2, 0) is 4.79 Å². The lowest BCUT2D eigenvalue weighted by Crippen LogP contribution is -2.50. The van der Waals surface area contributed by atoms with Gasteiger partial charge in [-0.15, -0.1) is 0 Å². The standard InChI is InChI=1S/C13H20BrN5O/c14-11-7-16-19(8-11)12-9-18(10-12)6-5-17-3-1-13(20)15-2-4-17/h7-8,12H,1-6,9-10H2,(H,15,20). The van der Waals surface area contributed by atoms with E-state index in [2.05, 4.69) is 36.1 Å². The molecule has 0 bridgehead atoms.